The minimum Gasteiger partial charge on any atom is -0.378 e. The van der Waals surface area contributed by atoms with E-state index in [4.69, 9.17) is 4.74 Å². The average molecular weight is 369 g/mol. The molecule has 0 aromatic heterocycles. The van der Waals surface area contributed by atoms with Crippen LogP contribution in [0.5, 0.6) is 0 Å². The molecule has 1 aliphatic heterocycles. The Bertz CT molecular complexity index is 665. The first-order valence-electron chi connectivity index (χ1n) is 9.79. The van der Waals surface area contributed by atoms with Gasteiger partial charge >= 0.3 is 0 Å². The van der Waals surface area contributed by atoms with Crippen LogP contribution in [-0.2, 0) is 11.2 Å². The number of nitrogens with zero attached hydrogens (tertiary/aromatic N) is 1. The lowest BCUT2D eigenvalue weighted by Gasteiger charge is -2.29. The fraction of sp³-hybridized carbons (Fsp3) is 0.435. The lowest BCUT2D eigenvalue weighted by atomic mass is 9.89. The molecule has 0 radical (unpaired) electrons. The first-order chi connectivity index (χ1) is 13.2. The Balaban J connectivity index is 0.000000817. The van der Waals surface area contributed by atoms with Crippen LogP contribution in [-0.4, -0.2) is 46.2 Å². The summed E-state index contributed by atoms with van der Waals surface area (Å²) in [7, 11) is 3.75. The Morgan fingerprint density at radius 1 is 1.04 bits per heavy atom. The molecule has 1 heterocycles. The number of hydrogen-bond acceptors (Lipinski definition) is 4. The summed E-state index contributed by atoms with van der Waals surface area (Å²) in [5, 5.41) is 2.75. The number of rotatable bonds is 6. The fourth-order valence-corrected chi connectivity index (χ4v) is 3.21. The lowest BCUT2D eigenvalue weighted by molar-refractivity contribution is 0.0916. The van der Waals surface area contributed by atoms with E-state index in [1.165, 1.54) is 11.3 Å². The molecule has 4 heteroatoms. The minimum atomic E-state index is 0.0432. The molecule has 1 N–H and O–H groups in total. The number of Topliss-reactive ketones (excluding diaryl/α,β-unsaturated/α-hetero) is 1. The van der Waals surface area contributed by atoms with Gasteiger partial charge < -0.3 is 15.0 Å². The molecule has 2 aromatic rings. The van der Waals surface area contributed by atoms with Crippen LogP contribution in [0.1, 0.15) is 29.3 Å². The number of ether oxygens (including phenoxy) is 1. The van der Waals surface area contributed by atoms with Gasteiger partial charge in [0.1, 0.15) is 0 Å². The van der Waals surface area contributed by atoms with E-state index in [2.05, 4.69) is 41.4 Å². The van der Waals surface area contributed by atoms with E-state index < -0.39 is 0 Å². The fourth-order valence-electron chi connectivity index (χ4n) is 3.21. The summed E-state index contributed by atoms with van der Waals surface area (Å²) in [4.78, 5) is 15.1. The van der Waals surface area contributed by atoms with Crippen LogP contribution in [0.3, 0.4) is 0 Å². The van der Waals surface area contributed by atoms with Gasteiger partial charge in [-0.3, -0.25) is 4.79 Å². The van der Waals surface area contributed by atoms with E-state index in [0.29, 0.717) is 0 Å². The van der Waals surface area contributed by atoms with Crippen LogP contribution < -0.4 is 10.2 Å². The van der Waals surface area contributed by atoms with Crippen molar-refractivity contribution in [1.82, 2.24) is 5.32 Å². The molecule has 1 aliphatic rings. The molecule has 1 atom stereocenters. The summed E-state index contributed by atoms with van der Waals surface area (Å²) in [5.74, 6) is 0.288. The van der Waals surface area contributed by atoms with Crippen molar-refractivity contribution in [2.45, 2.75) is 19.8 Å². The SMILES string of the molecule is CCC(Cc1ccccc1)C(=O)c1ccc(N2CCOCC2)cc1.CNC. The van der Waals surface area contributed by atoms with E-state index in [-0.39, 0.29) is 11.7 Å². The van der Waals surface area contributed by atoms with Gasteiger partial charge in [-0.2, -0.15) is 0 Å². The molecule has 0 saturated carbocycles. The number of morpholine rings is 1. The molecule has 1 fully saturated rings. The van der Waals surface area contributed by atoms with Gasteiger partial charge in [-0.1, -0.05) is 37.3 Å². The van der Waals surface area contributed by atoms with Gasteiger partial charge in [-0.05, 0) is 56.8 Å². The molecule has 0 spiro atoms. The molecule has 1 saturated heterocycles. The summed E-state index contributed by atoms with van der Waals surface area (Å²) in [6, 6.07) is 18.3. The number of carbonyl (C=O) groups is 1. The molecule has 3 rings (SSSR count). The maximum absolute atomic E-state index is 12.8. The lowest BCUT2D eigenvalue weighted by Crippen LogP contribution is -2.36. The second-order valence-electron chi connectivity index (χ2n) is 6.81. The standard InChI is InChI=1S/C21H25NO2.C2H7N/c1-2-18(16-17-6-4-3-5-7-17)21(23)19-8-10-20(11-9-19)22-12-14-24-15-13-22;1-3-2/h3-11,18H,2,12-16H2,1H3;3H,1-2H3. The monoisotopic (exact) mass is 368 g/mol. The molecular formula is C23H32N2O2. The van der Waals surface area contributed by atoms with Crippen molar-refractivity contribution in [1.29, 1.82) is 0 Å². The van der Waals surface area contributed by atoms with Crippen molar-refractivity contribution in [3.8, 4) is 0 Å². The maximum atomic E-state index is 12.8. The van der Waals surface area contributed by atoms with Gasteiger partial charge in [0.2, 0.25) is 0 Å². The van der Waals surface area contributed by atoms with Crippen LogP contribution in [0.15, 0.2) is 54.6 Å². The van der Waals surface area contributed by atoms with Crippen LogP contribution >= 0.6 is 0 Å². The van der Waals surface area contributed by atoms with E-state index >= 15 is 0 Å². The highest BCUT2D eigenvalue weighted by molar-refractivity contribution is 5.98. The molecule has 1 unspecified atom stereocenters. The van der Waals surface area contributed by atoms with E-state index in [1.54, 1.807) is 0 Å². The number of carbonyl (C=O) groups excluding carboxylic acids is 1. The van der Waals surface area contributed by atoms with Crippen LogP contribution in [0, 0.1) is 5.92 Å². The number of hydrogen-bond donors (Lipinski definition) is 1. The highest BCUT2D eigenvalue weighted by Gasteiger charge is 2.19. The smallest absolute Gasteiger partial charge is 0.166 e. The Morgan fingerprint density at radius 2 is 1.63 bits per heavy atom. The van der Waals surface area contributed by atoms with Crippen LogP contribution in [0.4, 0.5) is 5.69 Å². The Hall–Kier alpha value is -2.17. The highest BCUT2D eigenvalue weighted by Crippen LogP contribution is 2.21. The van der Waals surface area contributed by atoms with Crippen molar-refractivity contribution in [2.75, 3.05) is 45.3 Å². The summed E-state index contributed by atoms with van der Waals surface area (Å²) in [5.41, 5.74) is 3.21. The molecule has 0 aliphatic carbocycles. The number of anilines is 1. The predicted octanol–water partition coefficient (Wildman–Crippen LogP) is 3.81. The topological polar surface area (TPSA) is 41.6 Å². The predicted molar refractivity (Wildman–Crippen MR) is 113 cm³/mol. The minimum absolute atomic E-state index is 0.0432. The van der Waals surface area contributed by atoms with Gasteiger partial charge in [0.15, 0.2) is 5.78 Å². The maximum Gasteiger partial charge on any atom is 0.166 e. The zero-order chi connectivity index (χ0) is 19.5. The van der Waals surface area contributed by atoms with Crippen molar-refractivity contribution in [3.05, 3.63) is 65.7 Å². The first kappa shape index (κ1) is 21.1. The second kappa shape index (κ2) is 11.5. The third-order valence-corrected chi connectivity index (χ3v) is 4.72. The van der Waals surface area contributed by atoms with Crippen molar-refractivity contribution in [3.63, 3.8) is 0 Å². The van der Waals surface area contributed by atoms with Crippen molar-refractivity contribution in [2.24, 2.45) is 5.92 Å². The average Bonchev–Trinajstić information content (AvgIpc) is 2.73. The van der Waals surface area contributed by atoms with E-state index in [9.17, 15) is 4.79 Å². The van der Waals surface area contributed by atoms with Gasteiger partial charge in [0.25, 0.3) is 0 Å². The zero-order valence-electron chi connectivity index (χ0n) is 16.8. The highest BCUT2D eigenvalue weighted by atomic mass is 16.5. The molecule has 146 valence electrons. The summed E-state index contributed by atoms with van der Waals surface area (Å²) < 4.78 is 5.39. The molecule has 0 bridgehead atoms. The Morgan fingerprint density at radius 3 is 2.19 bits per heavy atom. The van der Waals surface area contributed by atoms with Crippen LogP contribution in [0.25, 0.3) is 0 Å². The summed E-state index contributed by atoms with van der Waals surface area (Å²) in [6.45, 7) is 5.47. The van der Waals surface area contributed by atoms with E-state index in [0.717, 1.165) is 44.7 Å². The zero-order valence-corrected chi connectivity index (χ0v) is 16.8. The molecule has 0 amide bonds. The Kier molecular flexibility index (Phi) is 9.02. The van der Waals surface area contributed by atoms with Crippen molar-refractivity contribution < 1.29 is 9.53 Å². The van der Waals surface area contributed by atoms with Gasteiger partial charge in [-0.15, -0.1) is 0 Å². The Labute approximate surface area is 163 Å². The van der Waals surface area contributed by atoms with E-state index in [1.807, 2.05) is 44.4 Å². The summed E-state index contributed by atoms with van der Waals surface area (Å²) >= 11 is 0. The first-order valence-corrected chi connectivity index (χ1v) is 9.79. The van der Waals surface area contributed by atoms with Gasteiger partial charge in [0.05, 0.1) is 13.2 Å². The van der Waals surface area contributed by atoms with Crippen molar-refractivity contribution >= 4 is 11.5 Å². The van der Waals surface area contributed by atoms with Crippen LogP contribution in [0.2, 0.25) is 0 Å². The molecule has 4 nitrogen and oxygen atoms in total. The number of ketones is 1. The number of nitrogens with one attached hydrogen (secondary N) is 1. The molecule has 27 heavy (non-hydrogen) atoms. The largest absolute Gasteiger partial charge is 0.378 e. The summed E-state index contributed by atoms with van der Waals surface area (Å²) in [6.07, 6.45) is 1.67. The third-order valence-electron chi connectivity index (χ3n) is 4.72. The third kappa shape index (κ3) is 6.49. The quantitative estimate of drug-likeness (QED) is 0.787. The molecule has 2 aromatic carbocycles. The van der Waals surface area contributed by atoms with Gasteiger partial charge in [-0.25, -0.2) is 0 Å². The second-order valence-corrected chi connectivity index (χ2v) is 6.81. The normalized spacial score (nSPS) is 14.9. The molecular weight excluding hydrogens is 336 g/mol. The number of benzene rings is 2. The van der Waals surface area contributed by atoms with Gasteiger partial charge in [0, 0.05) is 30.3 Å².